The minimum atomic E-state index is -4.55. The van der Waals surface area contributed by atoms with Gasteiger partial charge in [-0.3, -0.25) is 0 Å². The summed E-state index contributed by atoms with van der Waals surface area (Å²) >= 11 is 2.84. The lowest BCUT2D eigenvalue weighted by Crippen LogP contribution is -2.10. The zero-order valence-electron chi connectivity index (χ0n) is 9.31. The molecule has 0 fully saturated rings. The Hall–Kier alpha value is -1.11. The van der Waals surface area contributed by atoms with Crippen molar-refractivity contribution in [3.8, 4) is 17.2 Å². The highest BCUT2D eigenvalue weighted by Crippen LogP contribution is 2.50. The molecule has 0 unspecified atom stereocenters. The molecule has 0 aliphatic heterocycles. The first-order valence-electron chi connectivity index (χ1n) is 4.42. The fourth-order valence-electron chi connectivity index (χ4n) is 1.39. The average Bonchev–Trinajstić information content (AvgIpc) is 2.25. The van der Waals surface area contributed by atoms with Crippen molar-refractivity contribution in [3.05, 3.63) is 16.1 Å². The van der Waals surface area contributed by atoms with Gasteiger partial charge in [0.05, 0.1) is 21.3 Å². The van der Waals surface area contributed by atoms with E-state index in [9.17, 15) is 13.2 Å². The molecule has 3 nitrogen and oxygen atoms in total. The van der Waals surface area contributed by atoms with Crippen molar-refractivity contribution in [2.45, 2.75) is 6.18 Å². The Labute approximate surface area is 105 Å². The normalized spacial score (nSPS) is 11.2. The van der Waals surface area contributed by atoms with Gasteiger partial charge in [-0.15, -0.1) is 0 Å². The van der Waals surface area contributed by atoms with Gasteiger partial charge >= 0.3 is 6.18 Å². The first-order chi connectivity index (χ1) is 7.86. The second-order valence-electron chi connectivity index (χ2n) is 3.00. The number of rotatable bonds is 3. The molecule has 0 radical (unpaired) electrons. The summed E-state index contributed by atoms with van der Waals surface area (Å²) in [6, 6.07) is 1.18. The largest absolute Gasteiger partial charge is 0.493 e. The Morgan fingerprint density at radius 3 is 1.88 bits per heavy atom. The summed E-state index contributed by atoms with van der Waals surface area (Å²) in [6.45, 7) is 0. The Morgan fingerprint density at radius 2 is 1.53 bits per heavy atom. The maximum absolute atomic E-state index is 12.8. The van der Waals surface area contributed by atoms with Gasteiger partial charge in [-0.25, -0.2) is 0 Å². The summed E-state index contributed by atoms with van der Waals surface area (Å²) in [4.78, 5) is 0. The average molecular weight is 315 g/mol. The highest BCUT2D eigenvalue weighted by Gasteiger charge is 2.39. The van der Waals surface area contributed by atoms with Crippen molar-refractivity contribution in [2.24, 2.45) is 0 Å². The highest BCUT2D eigenvalue weighted by atomic mass is 79.9. The predicted molar refractivity (Wildman–Crippen MR) is 58.8 cm³/mol. The molecule has 0 amide bonds. The van der Waals surface area contributed by atoms with Gasteiger partial charge in [0, 0.05) is 4.47 Å². The van der Waals surface area contributed by atoms with Crippen LogP contribution in [0.1, 0.15) is 5.56 Å². The molecule has 0 spiro atoms. The second kappa shape index (κ2) is 5.03. The third-order valence-corrected chi connectivity index (χ3v) is 2.69. The molecule has 0 saturated carbocycles. The Bertz CT molecular complexity index is 418. The predicted octanol–water partition coefficient (Wildman–Crippen LogP) is 3.49. The van der Waals surface area contributed by atoms with E-state index in [1.807, 2.05) is 0 Å². The Kier molecular flexibility index (Phi) is 4.13. The minimum absolute atomic E-state index is 0.0921. The fraction of sp³-hybridized carbons (Fsp3) is 0.400. The van der Waals surface area contributed by atoms with Crippen LogP contribution in [-0.4, -0.2) is 21.3 Å². The molecule has 7 heteroatoms. The van der Waals surface area contributed by atoms with Crippen molar-refractivity contribution in [2.75, 3.05) is 21.3 Å². The number of alkyl halides is 3. The fourth-order valence-corrected chi connectivity index (χ4v) is 2.00. The van der Waals surface area contributed by atoms with Gasteiger partial charge in [0.1, 0.15) is 5.56 Å². The molecule has 0 bridgehead atoms. The number of ether oxygens (including phenoxy) is 3. The molecule has 1 aromatic carbocycles. The third kappa shape index (κ3) is 2.59. The molecular formula is C10H10BrF3O3. The number of hydrogen-bond donors (Lipinski definition) is 0. The first-order valence-corrected chi connectivity index (χ1v) is 5.21. The van der Waals surface area contributed by atoms with Crippen LogP contribution in [0.2, 0.25) is 0 Å². The van der Waals surface area contributed by atoms with Gasteiger partial charge in [-0.05, 0) is 22.0 Å². The van der Waals surface area contributed by atoms with Crippen LogP contribution in [0, 0.1) is 0 Å². The van der Waals surface area contributed by atoms with E-state index >= 15 is 0 Å². The standard InChI is InChI=1S/C10H10BrF3O3/c1-15-6-4-5(11)7(10(12,13)14)9(17-3)8(6)16-2/h4H,1-3H3. The molecule has 17 heavy (non-hydrogen) atoms. The SMILES string of the molecule is COc1cc(Br)c(C(F)(F)F)c(OC)c1OC. The van der Waals surface area contributed by atoms with Gasteiger partial charge in [0.15, 0.2) is 11.5 Å². The number of methoxy groups -OCH3 is 3. The van der Waals surface area contributed by atoms with Crippen LogP contribution in [0.3, 0.4) is 0 Å². The minimum Gasteiger partial charge on any atom is -0.493 e. The first kappa shape index (κ1) is 14.0. The van der Waals surface area contributed by atoms with Gasteiger partial charge in [0.25, 0.3) is 0 Å². The molecular weight excluding hydrogens is 305 g/mol. The molecule has 0 aromatic heterocycles. The van der Waals surface area contributed by atoms with E-state index in [0.29, 0.717) is 0 Å². The van der Waals surface area contributed by atoms with Crippen molar-refractivity contribution in [3.63, 3.8) is 0 Å². The lowest BCUT2D eigenvalue weighted by molar-refractivity contribution is -0.139. The van der Waals surface area contributed by atoms with Gasteiger partial charge in [-0.1, -0.05) is 0 Å². The van der Waals surface area contributed by atoms with Crippen LogP contribution in [0.5, 0.6) is 17.2 Å². The monoisotopic (exact) mass is 314 g/mol. The highest BCUT2D eigenvalue weighted by molar-refractivity contribution is 9.10. The molecule has 96 valence electrons. The smallest absolute Gasteiger partial charge is 0.421 e. The maximum atomic E-state index is 12.8. The van der Waals surface area contributed by atoms with Crippen LogP contribution >= 0.6 is 15.9 Å². The topological polar surface area (TPSA) is 27.7 Å². The zero-order valence-corrected chi connectivity index (χ0v) is 10.9. The second-order valence-corrected chi connectivity index (χ2v) is 3.85. The van der Waals surface area contributed by atoms with Crippen molar-refractivity contribution < 1.29 is 27.4 Å². The van der Waals surface area contributed by atoms with Crippen molar-refractivity contribution in [1.29, 1.82) is 0 Å². The van der Waals surface area contributed by atoms with Crippen molar-refractivity contribution in [1.82, 2.24) is 0 Å². The summed E-state index contributed by atoms with van der Waals surface area (Å²) in [5.74, 6) is -0.346. The van der Waals surface area contributed by atoms with Gasteiger partial charge < -0.3 is 14.2 Å². The summed E-state index contributed by atoms with van der Waals surface area (Å²) < 4.78 is 52.9. The molecule has 0 saturated heterocycles. The lowest BCUT2D eigenvalue weighted by atomic mass is 10.1. The third-order valence-electron chi connectivity index (χ3n) is 2.07. The Morgan fingerprint density at radius 1 is 1.00 bits per heavy atom. The molecule has 1 aromatic rings. The molecule has 0 atom stereocenters. The number of hydrogen-bond acceptors (Lipinski definition) is 3. The maximum Gasteiger partial charge on any atom is 0.421 e. The van der Waals surface area contributed by atoms with Crippen molar-refractivity contribution >= 4 is 15.9 Å². The van der Waals surface area contributed by atoms with Crippen LogP contribution in [0.25, 0.3) is 0 Å². The Balaban J connectivity index is 3.61. The van der Waals surface area contributed by atoms with E-state index in [-0.39, 0.29) is 16.0 Å². The zero-order chi connectivity index (χ0) is 13.2. The molecule has 0 aliphatic rings. The van der Waals surface area contributed by atoms with Crippen LogP contribution < -0.4 is 14.2 Å². The van der Waals surface area contributed by atoms with Gasteiger partial charge in [-0.2, -0.15) is 13.2 Å². The molecule has 0 aliphatic carbocycles. The van der Waals surface area contributed by atoms with E-state index in [2.05, 4.69) is 15.9 Å². The number of halogens is 4. The van der Waals surface area contributed by atoms with E-state index in [4.69, 9.17) is 14.2 Å². The molecule has 1 rings (SSSR count). The van der Waals surface area contributed by atoms with E-state index < -0.39 is 17.5 Å². The van der Waals surface area contributed by atoms with Crippen LogP contribution in [-0.2, 0) is 6.18 Å². The summed E-state index contributed by atoms with van der Waals surface area (Å²) in [5, 5.41) is 0. The molecule has 0 N–H and O–H groups in total. The van der Waals surface area contributed by atoms with E-state index in [0.717, 1.165) is 7.11 Å². The summed E-state index contributed by atoms with van der Waals surface area (Å²) in [7, 11) is 3.71. The van der Waals surface area contributed by atoms with E-state index in [1.165, 1.54) is 20.3 Å². The van der Waals surface area contributed by atoms with E-state index in [1.54, 1.807) is 0 Å². The van der Waals surface area contributed by atoms with Crippen LogP contribution in [0.4, 0.5) is 13.2 Å². The lowest BCUT2D eigenvalue weighted by Gasteiger charge is -2.18. The summed E-state index contributed by atoms with van der Waals surface area (Å²) in [6.07, 6.45) is -4.55. The quantitative estimate of drug-likeness (QED) is 0.854. The van der Waals surface area contributed by atoms with Crippen LogP contribution in [0.15, 0.2) is 10.5 Å². The van der Waals surface area contributed by atoms with Gasteiger partial charge in [0.2, 0.25) is 5.75 Å². The molecule has 0 heterocycles. The number of benzene rings is 1. The summed E-state index contributed by atoms with van der Waals surface area (Å²) in [5.41, 5.74) is -0.933.